The van der Waals surface area contributed by atoms with Gasteiger partial charge in [0.05, 0.1) is 0 Å². The average molecular weight is 466 g/mol. The third-order valence-electron chi connectivity index (χ3n) is 7.28. The van der Waals surface area contributed by atoms with Crippen LogP contribution in [-0.4, -0.2) is 27.2 Å². The van der Waals surface area contributed by atoms with E-state index in [0.29, 0.717) is 37.3 Å². The van der Waals surface area contributed by atoms with Gasteiger partial charge in [-0.2, -0.15) is 0 Å². The smallest absolute Gasteiger partial charge is 0.162 e. The third kappa shape index (κ3) is 6.16. The summed E-state index contributed by atoms with van der Waals surface area (Å²) in [5.41, 5.74) is 3.51. The first-order valence-corrected chi connectivity index (χ1v) is 13.3. The normalized spacial score (nSPS) is 21.2. The van der Waals surface area contributed by atoms with E-state index >= 15 is 0 Å². The summed E-state index contributed by atoms with van der Waals surface area (Å²) in [5.74, 6) is 4.68. The van der Waals surface area contributed by atoms with Gasteiger partial charge in [0.2, 0.25) is 0 Å². The highest BCUT2D eigenvalue weighted by Crippen LogP contribution is 2.47. The van der Waals surface area contributed by atoms with Gasteiger partial charge in [0, 0.05) is 31.4 Å². The van der Waals surface area contributed by atoms with E-state index in [4.69, 9.17) is 9.84 Å². The number of benzene rings is 1. The van der Waals surface area contributed by atoms with Gasteiger partial charge in [0.15, 0.2) is 5.82 Å². The number of hydrogen-bond acceptors (Lipinski definition) is 4. The minimum absolute atomic E-state index is 0.202. The second-order valence-corrected chi connectivity index (χ2v) is 11.7. The maximum Gasteiger partial charge on any atom is 0.162 e. The van der Waals surface area contributed by atoms with Gasteiger partial charge in [-0.05, 0) is 74.8 Å². The van der Waals surface area contributed by atoms with Crippen LogP contribution in [0.1, 0.15) is 113 Å². The minimum atomic E-state index is -0.325. The SMILES string of the molecule is Cc1ccc(CC(=O)C[C@H](OCC(C)C)c2nnc(C3CC(CC(C)C)C3)n2C2CC2)c(C)c1. The highest BCUT2D eigenvalue weighted by atomic mass is 16.5. The molecule has 5 nitrogen and oxygen atoms in total. The van der Waals surface area contributed by atoms with E-state index in [0.717, 1.165) is 29.0 Å². The van der Waals surface area contributed by atoms with Crippen molar-refractivity contribution >= 4 is 5.78 Å². The number of hydrogen-bond donors (Lipinski definition) is 0. The minimum Gasteiger partial charge on any atom is -0.369 e. The van der Waals surface area contributed by atoms with Crippen molar-refractivity contribution in [1.82, 2.24) is 14.8 Å². The van der Waals surface area contributed by atoms with Crippen LogP contribution in [-0.2, 0) is 16.0 Å². The van der Waals surface area contributed by atoms with Crippen molar-refractivity contribution in [3.63, 3.8) is 0 Å². The summed E-state index contributed by atoms with van der Waals surface area (Å²) in [6.07, 6.45) is 6.55. The Kier molecular flexibility index (Phi) is 7.91. The van der Waals surface area contributed by atoms with Crippen molar-refractivity contribution in [3.8, 4) is 0 Å². The zero-order valence-electron chi connectivity index (χ0n) is 22.0. The monoisotopic (exact) mass is 465 g/mol. The van der Waals surface area contributed by atoms with E-state index in [1.165, 1.54) is 43.2 Å². The first-order chi connectivity index (χ1) is 16.2. The molecule has 0 radical (unpaired) electrons. The van der Waals surface area contributed by atoms with Crippen LogP contribution in [0.4, 0.5) is 0 Å². The van der Waals surface area contributed by atoms with Gasteiger partial charge in [-0.1, -0.05) is 51.5 Å². The molecule has 4 rings (SSSR count). The topological polar surface area (TPSA) is 57.0 Å². The average Bonchev–Trinajstić information content (AvgIpc) is 3.48. The fraction of sp³-hybridized carbons (Fsp3) is 0.690. The van der Waals surface area contributed by atoms with Gasteiger partial charge in [-0.3, -0.25) is 4.79 Å². The molecule has 0 spiro atoms. The first kappa shape index (κ1) is 25.1. The molecule has 2 aliphatic rings. The summed E-state index contributed by atoms with van der Waals surface area (Å²) < 4.78 is 8.71. The van der Waals surface area contributed by atoms with Gasteiger partial charge in [-0.25, -0.2) is 0 Å². The fourth-order valence-corrected chi connectivity index (χ4v) is 5.40. The fourth-order valence-electron chi connectivity index (χ4n) is 5.40. The lowest BCUT2D eigenvalue weighted by Crippen LogP contribution is -2.26. The number of ketones is 1. The van der Waals surface area contributed by atoms with Crippen molar-refractivity contribution in [2.45, 2.75) is 105 Å². The molecule has 2 aliphatic carbocycles. The van der Waals surface area contributed by atoms with Crippen LogP contribution in [0.25, 0.3) is 0 Å². The highest BCUT2D eigenvalue weighted by Gasteiger charge is 2.40. The Balaban J connectivity index is 1.51. The van der Waals surface area contributed by atoms with E-state index in [1.807, 2.05) is 0 Å². The molecule has 0 N–H and O–H groups in total. The van der Waals surface area contributed by atoms with Crippen LogP contribution in [0, 0.1) is 31.6 Å². The van der Waals surface area contributed by atoms with Crippen molar-refractivity contribution in [2.24, 2.45) is 17.8 Å². The maximum absolute atomic E-state index is 13.2. The molecule has 0 saturated heterocycles. The Hall–Kier alpha value is -2.01. The molecular formula is C29H43N3O2. The van der Waals surface area contributed by atoms with Gasteiger partial charge >= 0.3 is 0 Å². The summed E-state index contributed by atoms with van der Waals surface area (Å²) in [7, 11) is 0. The first-order valence-electron chi connectivity index (χ1n) is 13.3. The number of aromatic nitrogens is 3. The second-order valence-electron chi connectivity index (χ2n) is 11.7. The van der Waals surface area contributed by atoms with Crippen molar-refractivity contribution in [2.75, 3.05) is 6.61 Å². The Morgan fingerprint density at radius 2 is 1.82 bits per heavy atom. The molecule has 2 fully saturated rings. The molecule has 0 unspecified atom stereocenters. The molecule has 0 amide bonds. The molecule has 34 heavy (non-hydrogen) atoms. The number of rotatable bonds is 12. The van der Waals surface area contributed by atoms with Crippen LogP contribution in [0.2, 0.25) is 0 Å². The predicted molar refractivity (Wildman–Crippen MR) is 136 cm³/mol. The standard InChI is InChI=1S/C29H43N3O2/c1-18(2)11-22-13-24(14-22)28-30-31-29(32(28)25-9-10-25)27(34-17-19(3)4)16-26(33)15-23-8-7-20(5)12-21(23)6/h7-8,12,18-19,22,24-25,27H,9-11,13-17H2,1-6H3/t22?,24?,27-/m0/s1. The number of Topliss-reactive ketones (excluding diaryl/α,β-unsaturated/α-hetero) is 1. The molecule has 1 heterocycles. The Morgan fingerprint density at radius 1 is 1.09 bits per heavy atom. The van der Waals surface area contributed by atoms with Crippen LogP contribution < -0.4 is 0 Å². The molecule has 186 valence electrons. The Labute approximate surface area is 205 Å². The summed E-state index contributed by atoms with van der Waals surface area (Å²) in [6, 6.07) is 6.80. The summed E-state index contributed by atoms with van der Waals surface area (Å²) in [6.45, 7) is 13.7. The van der Waals surface area contributed by atoms with E-state index in [-0.39, 0.29) is 11.9 Å². The molecular weight excluding hydrogens is 422 g/mol. The predicted octanol–water partition coefficient (Wildman–Crippen LogP) is 6.69. The number of nitrogens with zero attached hydrogens (tertiary/aromatic N) is 3. The Bertz CT molecular complexity index is 983. The molecule has 1 aromatic heterocycles. The van der Waals surface area contributed by atoms with E-state index in [1.54, 1.807) is 0 Å². The molecule has 1 atom stereocenters. The third-order valence-corrected chi connectivity index (χ3v) is 7.28. The van der Waals surface area contributed by atoms with Gasteiger partial charge in [-0.15, -0.1) is 10.2 Å². The maximum atomic E-state index is 13.2. The molecule has 0 aliphatic heterocycles. The highest BCUT2D eigenvalue weighted by molar-refractivity contribution is 5.81. The van der Waals surface area contributed by atoms with Crippen molar-refractivity contribution in [1.29, 1.82) is 0 Å². The van der Waals surface area contributed by atoms with Crippen LogP contribution >= 0.6 is 0 Å². The largest absolute Gasteiger partial charge is 0.369 e. The van der Waals surface area contributed by atoms with Crippen LogP contribution in [0.5, 0.6) is 0 Å². The summed E-state index contributed by atoms with van der Waals surface area (Å²) in [5, 5.41) is 9.37. The lowest BCUT2D eigenvalue weighted by molar-refractivity contribution is -0.122. The number of aryl methyl sites for hydroxylation is 2. The summed E-state index contributed by atoms with van der Waals surface area (Å²) in [4.78, 5) is 13.2. The van der Waals surface area contributed by atoms with Crippen LogP contribution in [0.3, 0.4) is 0 Å². The van der Waals surface area contributed by atoms with Gasteiger partial charge in [0.1, 0.15) is 17.7 Å². The van der Waals surface area contributed by atoms with Gasteiger partial charge in [0.25, 0.3) is 0 Å². The lowest BCUT2D eigenvalue weighted by atomic mass is 9.71. The second kappa shape index (κ2) is 10.7. The van der Waals surface area contributed by atoms with E-state index in [9.17, 15) is 4.79 Å². The van der Waals surface area contributed by atoms with E-state index < -0.39 is 0 Å². The summed E-state index contributed by atoms with van der Waals surface area (Å²) >= 11 is 0. The molecule has 5 heteroatoms. The molecule has 2 saturated carbocycles. The zero-order chi connectivity index (χ0) is 24.4. The Morgan fingerprint density at radius 3 is 2.44 bits per heavy atom. The molecule has 2 aromatic rings. The van der Waals surface area contributed by atoms with Gasteiger partial charge < -0.3 is 9.30 Å². The lowest BCUT2D eigenvalue weighted by Gasteiger charge is -2.36. The van der Waals surface area contributed by atoms with Crippen molar-refractivity contribution in [3.05, 3.63) is 46.5 Å². The number of carbonyl (C=O) groups is 1. The number of carbonyl (C=O) groups excluding carboxylic acids is 1. The quantitative estimate of drug-likeness (QED) is 0.351. The van der Waals surface area contributed by atoms with Crippen molar-refractivity contribution < 1.29 is 9.53 Å². The van der Waals surface area contributed by atoms with Crippen LogP contribution in [0.15, 0.2) is 18.2 Å². The van der Waals surface area contributed by atoms with E-state index in [2.05, 4.69) is 69.4 Å². The molecule has 1 aromatic carbocycles. The number of ether oxygens (including phenoxy) is 1. The zero-order valence-corrected chi connectivity index (χ0v) is 22.0. The molecule has 0 bridgehead atoms.